The van der Waals surface area contributed by atoms with Gasteiger partial charge in [-0.05, 0) is 48.4 Å². The Morgan fingerprint density at radius 1 is 1.11 bits per heavy atom. The predicted octanol–water partition coefficient (Wildman–Crippen LogP) is 3.18. The number of nitriles is 1. The van der Waals surface area contributed by atoms with Crippen LogP contribution in [0.4, 0.5) is 11.4 Å². The number of rotatable bonds is 4. The zero-order valence-corrected chi connectivity index (χ0v) is 22.3. The lowest BCUT2D eigenvalue weighted by molar-refractivity contribution is -0.141. The van der Waals surface area contributed by atoms with Crippen molar-refractivity contribution >= 4 is 35.0 Å². The summed E-state index contributed by atoms with van der Waals surface area (Å²) in [5.74, 6) is -2.57. The molecule has 2 heterocycles. The zero-order valence-electron chi connectivity index (χ0n) is 22.3. The molecule has 2 aromatic carbocycles. The van der Waals surface area contributed by atoms with E-state index >= 15 is 0 Å². The van der Waals surface area contributed by atoms with E-state index < -0.39 is 35.2 Å². The molecule has 0 radical (unpaired) electrons. The van der Waals surface area contributed by atoms with Crippen LogP contribution in [0.1, 0.15) is 50.3 Å². The molecule has 3 atom stereocenters. The lowest BCUT2D eigenvalue weighted by Gasteiger charge is -2.31. The average Bonchev–Trinajstić information content (AvgIpc) is 3.38. The van der Waals surface area contributed by atoms with E-state index in [2.05, 4.69) is 22.0 Å². The van der Waals surface area contributed by atoms with E-state index in [-0.39, 0.29) is 30.7 Å². The Kier molecular flexibility index (Phi) is 7.02. The number of hydrogen-bond acceptors (Lipinski definition) is 5. The van der Waals surface area contributed by atoms with Crippen molar-refractivity contribution in [3.05, 3.63) is 59.2 Å². The molecule has 38 heavy (non-hydrogen) atoms. The topological polar surface area (TPSA) is 131 Å². The van der Waals surface area contributed by atoms with E-state index in [1.165, 1.54) is 4.90 Å². The maximum atomic E-state index is 13.9. The van der Waals surface area contributed by atoms with Crippen molar-refractivity contribution in [3.63, 3.8) is 0 Å². The number of carbonyl (C=O) groups is 4. The number of hydrogen-bond donors (Lipinski definition) is 3. The lowest BCUT2D eigenvalue weighted by Crippen LogP contribution is -2.53. The van der Waals surface area contributed by atoms with E-state index in [1.807, 2.05) is 71.0 Å². The maximum Gasteiger partial charge on any atom is 0.313 e. The van der Waals surface area contributed by atoms with Crippen LogP contribution < -0.4 is 16.0 Å². The van der Waals surface area contributed by atoms with Crippen molar-refractivity contribution in [1.82, 2.24) is 10.2 Å². The minimum atomic E-state index is -1.06. The second kappa shape index (κ2) is 9.93. The van der Waals surface area contributed by atoms with E-state index in [0.29, 0.717) is 11.4 Å². The Balaban J connectivity index is 1.58. The van der Waals surface area contributed by atoms with E-state index in [1.54, 1.807) is 6.07 Å². The predicted molar refractivity (Wildman–Crippen MR) is 143 cm³/mol. The molecular formula is C29H33N5O4. The standard InChI is InChI=1S/C29H33N5O4/c1-17-9-8-10-18(2)23(17)33-25(36)24(35)31-22(14-28(3,4)5)26(37)34-16-29(13-19(34)15-30)20-11-6-7-12-21(20)32-27(29)38/h6-12,19,22H,13-14,16H2,1-5H3,(H,31,35)(H,32,38)(H,33,36)/t19-,22-,29-/m0/s1. The number of nitrogens with one attached hydrogen (secondary N) is 3. The molecule has 9 nitrogen and oxygen atoms in total. The highest BCUT2D eigenvalue weighted by atomic mass is 16.2. The highest BCUT2D eigenvalue weighted by molar-refractivity contribution is 6.40. The monoisotopic (exact) mass is 515 g/mol. The first-order valence-corrected chi connectivity index (χ1v) is 12.7. The molecule has 1 spiro atoms. The molecule has 4 rings (SSSR count). The van der Waals surface area contributed by atoms with Crippen LogP contribution in [-0.2, 0) is 24.6 Å². The second-order valence-electron chi connectivity index (χ2n) is 11.4. The van der Waals surface area contributed by atoms with Crippen molar-refractivity contribution in [2.75, 3.05) is 17.2 Å². The summed E-state index contributed by atoms with van der Waals surface area (Å²) in [6.45, 7) is 9.43. The smallest absolute Gasteiger partial charge is 0.313 e. The van der Waals surface area contributed by atoms with Gasteiger partial charge in [0.15, 0.2) is 0 Å². The quantitative estimate of drug-likeness (QED) is 0.538. The van der Waals surface area contributed by atoms with Gasteiger partial charge in [-0.1, -0.05) is 57.2 Å². The van der Waals surface area contributed by atoms with Gasteiger partial charge in [-0.15, -0.1) is 0 Å². The van der Waals surface area contributed by atoms with Crippen LogP contribution >= 0.6 is 0 Å². The summed E-state index contributed by atoms with van der Waals surface area (Å²) < 4.78 is 0. The third-order valence-corrected chi connectivity index (χ3v) is 7.26. The number of benzene rings is 2. The number of fused-ring (bicyclic) bond motifs is 2. The van der Waals surface area contributed by atoms with Gasteiger partial charge in [0.05, 0.1) is 11.5 Å². The Hall–Kier alpha value is -4.19. The first-order valence-electron chi connectivity index (χ1n) is 12.7. The molecule has 0 saturated carbocycles. The average molecular weight is 516 g/mol. The van der Waals surface area contributed by atoms with Crippen LogP contribution in [0.5, 0.6) is 0 Å². The zero-order chi connectivity index (χ0) is 27.8. The van der Waals surface area contributed by atoms with Crippen LogP contribution in [0.2, 0.25) is 0 Å². The lowest BCUT2D eigenvalue weighted by atomic mass is 9.80. The van der Waals surface area contributed by atoms with Crippen molar-refractivity contribution in [1.29, 1.82) is 5.26 Å². The third kappa shape index (κ3) is 4.99. The van der Waals surface area contributed by atoms with E-state index in [4.69, 9.17) is 0 Å². The first-order chi connectivity index (χ1) is 17.9. The number of amides is 4. The summed E-state index contributed by atoms with van der Waals surface area (Å²) in [7, 11) is 0. The van der Waals surface area contributed by atoms with Crippen molar-refractivity contribution in [3.8, 4) is 6.07 Å². The molecule has 2 aliphatic rings. The van der Waals surface area contributed by atoms with Crippen LogP contribution in [0.15, 0.2) is 42.5 Å². The minimum Gasteiger partial charge on any atom is -0.336 e. The van der Waals surface area contributed by atoms with Gasteiger partial charge >= 0.3 is 11.8 Å². The summed E-state index contributed by atoms with van der Waals surface area (Å²) in [6, 6.07) is 13.0. The van der Waals surface area contributed by atoms with Gasteiger partial charge in [0, 0.05) is 24.3 Å². The van der Waals surface area contributed by atoms with E-state index in [9.17, 15) is 24.4 Å². The molecule has 198 valence electrons. The summed E-state index contributed by atoms with van der Waals surface area (Å²) in [4.78, 5) is 54.1. The van der Waals surface area contributed by atoms with Crippen LogP contribution in [0.3, 0.4) is 0 Å². The number of likely N-dealkylation sites (tertiary alicyclic amines) is 1. The molecule has 0 unspecified atom stereocenters. The van der Waals surface area contributed by atoms with Gasteiger partial charge in [0.1, 0.15) is 12.1 Å². The molecule has 9 heteroatoms. The first kappa shape index (κ1) is 26.9. The minimum absolute atomic E-state index is 0.0119. The highest BCUT2D eigenvalue weighted by Gasteiger charge is 2.56. The third-order valence-electron chi connectivity index (χ3n) is 7.26. The summed E-state index contributed by atoms with van der Waals surface area (Å²) in [6.07, 6.45) is 0.389. The van der Waals surface area contributed by atoms with Crippen molar-refractivity contribution in [2.24, 2.45) is 5.41 Å². The fourth-order valence-electron chi connectivity index (χ4n) is 5.40. The summed E-state index contributed by atoms with van der Waals surface area (Å²) in [5.41, 5.74) is 2.17. The summed E-state index contributed by atoms with van der Waals surface area (Å²) >= 11 is 0. The number of para-hydroxylation sites is 2. The Morgan fingerprint density at radius 2 is 1.76 bits per heavy atom. The molecule has 2 aliphatic heterocycles. The van der Waals surface area contributed by atoms with E-state index in [0.717, 1.165) is 16.7 Å². The highest BCUT2D eigenvalue weighted by Crippen LogP contribution is 2.46. The Bertz CT molecular complexity index is 1340. The molecule has 0 aromatic heterocycles. The Morgan fingerprint density at radius 3 is 2.39 bits per heavy atom. The largest absolute Gasteiger partial charge is 0.336 e. The van der Waals surface area contributed by atoms with Crippen LogP contribution in [-0.4, -0.2) is 47.2 Å². The maximum absolute atomic E-state index is 13.9. The van der Waals surface area contributed by atoms with Crippen LogP contribution in [0.25, 0.3) is 0 Å². The van der Waals surface area contributed by atoms with Crippen LogP contribution in [0, 0.1) is 30.6 Å². The molecule has 0 aliphatic carbocycles. The molecular weight excluding hydrogens is 482 g/mol. The number of nitrogens with zero attached hydrogens (tertiary/aromatic N) is 2. The van der Waals surface area contributed by atoms with Gasteiger partial charge in [-0.3, -0.25) is 19.2 Å². The number of carbonyl (C=O) groups excluding carboxylic acids is 4. The molecule has 4 amide bonds. The second-order valence-corrected chi connectivity index (χ2v) is 11.4. The molecule has 3 N–H and O–H groups in total. The van der Waals surface area contributed by atoms with Crippen molar-refractivity contribution < 1.29 is 19.2 Å². The molecule has 0 bridgehead atoms. The summed E-state index contributed by atoms with van der Waals surface area (Å²) in [5, 5.41) is 18.1. The normalized spacial score (nSPS) is 20.9. The van der Waals surface area contributed by atoms with Gasteiger partial charge in [0.2, 0.25) is 11.8 Å². The number of anilines is 2. The fraction of sp³-hybridized carbons (Fsp3) is 0.414. The van der Waals surface area contributed by atoms with Gasteiger partial charge in [-0.2, -0.15) is 5.26 Å². The Labute approximate surface area is 222 Å². The molecule has 2 aromatic rings. The SMILES string of the molecule is Cc1cccc(C)c1NC(=O)C(=O)N[C@@H](CC(C)(C)C)C(=O)N1C[C@]2(C[C@H]1C#N)C(=O)Nc1ccccc12. The van der Waals surface area contributed by atoms with Gasteiger partial charge in [0.25, 0.3) is 0 Å². The van der Waals surface area contributed by atoms with Crippen molar-refractivity contribution in [2.45, 2.75) is 65.0 Å². The van der Waals surface area contributed by atoms with Gasteiger partial charge in [-0.25, -0.2) is 0 Å². The van der Waals surface area contributed by atoms with Gasteiger partial charge < -0.3 is 20.9 Å². The molecule has 1 fully saturated rings. The molecule has 1 saturated heterocycles. The number of aryl methyl sites for hydroxylation is 2. The fourth-order valence-corrected chi connectivity index (χ4v) is 5.40.